The predicted octanol–water partition coefficient (Wildman–Crippen LogP) is 1.94. The Hall–Kier alpha value is -1.06. The SMILES string of the molecule is CC1CCCCCC1NC(=O)C1(C(=O)O)CC1. The molecule has 0 spiro atoms. The molecule has 0 heterocycles. The monoisotopic (exact) mass is 239 g/mol. The molecule has 2 N–H and O–H groups in total. The highest BCUT2D eigenvalue weighted by Crippen LogP contribution is 2.46. The summed E-state index contributed by atoms with van der Waals surface area (Å²) in [7, 11) is 0. The Bertz CT molecular complexity index is 323. The molecular formula is C13H21NO3. The summed E-state index contributed by atoms with van der Waals surface area (Å²) in [6.45, 7) is 2.15. The number of carboxylic acids is 1. The number of rotatable bonds is 3. The van der Waals surface area contributed by atoms with Crippen LogP contribution < -0.4 is 5.32 Å². The van der Waals surface area contributed by atoms with Gasteiger partial charge in [0.1, 0.15) is 5.41 Å². The van der Waals surface area contributed by atoms with Gasteiger partial charge in [-0.25, -0.2) is 0 Å². The summed E-state index contributed by atoms with van der Waals surface area (Å²) in [6.07, 6.45) is 6.69. The molecule has 2 fully saturated rings. The third-order valence-electron chi connectivity index (χ3n) is 4.27. The van der Waals surface area contributed by atoms with E-state index in [2.05, 4.69) is 12.2 Å². The van der Waals surface area contributed by atoms with Gasteiger partial charge in [0.15, 0.2) is 0 Å². The smallest absolute Gasteiger partial charge is 0.319 e. The lowest BCUT2D eigenvalue weighted by Gasteiger charge is -2.24. The van der Waals surface area contributed by atoms with E-state index in [1.54, 1.807) is 0 Å². The molecule has 96 valence electrons. The summed E-state index contributed by atoms with van der Waals surface area (Å²) < 4.78 is 0. The number of carbonyl (C=O) groups is 2. The van der Waals surface area contributed by atoms with Crippen LogP contribution in [0, 0.1) is 11.3 Å². The molecule has 4 heteroatoms. The summed E-state index contributed by atoms with van der Waals surface area (Å²) in [6, 6.07) is 0.168. The number of carbonyl (C=O) groups excluding carboxylic acids is 1. The van der Waals surface area contributed by atoms with E-state index in [1.807, 2.05) is 0 Å². The van der Waals surface area contributed by atoms with Gasteiger partial charge in [0.2, 0.25) is 5.91 Å². The van der Waals surface area contributed by atoms with Crippen LogP contribution in [0.15, 0.2) is 0 Å². The standard InChI is InChI=1S/C13H21NO3/c1-9-5-3-2-4-6-10(9)14-11(15)13(7-8-13)12(16)17/h9-10H,2-8H2,1H3,(H,14,15)(H,16,17). The largest absolute Gasteiger partial charge is 0.480 e. The van der Waals surface area contributed by atoms with Gasteiger partial charge in [0.05, 0.1) is 0 Å². The molecule has 0 radical (unpaired) electrons. The van der Waals surface area contributed by atoms with Crippen LogP contribution in [0.25, 0.3) is 0 Å². The van der Waals surface area contributed by atoms with Gasteiger partial charge >= 0.3 is 5.97 Å². The van der Waals surface area contributed by atoms with Crippen molar-refractivity contribution in [2.75, 3.05) is 0 Å². The van der Waals surface area contributed by atoms with Crippen LogP contribution in [0.4, 0.5) is 0 Å². The minimum atomic E-state index is -1.09. The molecule has 0 aromatic carbocycles. The van der Waals surface area contributed by atoms with Crippen molar-refractivity contribution in [1.82, 2.24) is 5.32 Å². The quantitative estimate of drug-likeness (QED) is 0.584. The molecule has 17 heavy (non-hydrogen) atoms. The molecule has 0 aromatic rings. The number of carboxylic acid groups (broad SMARTS) is 1. The van der Waals surface area contributed by atoms with Gasteiger partial charge in [0, 0.05) is 6.04 Å². The van der Waals surface area contributed by atoms with Crippen molar-refractivity contribution in [2.45, 2.75) is 57.9 Å². The second kappa shape index (κ2) is 4.67. The van der Waals surface area contributed by atoms with Crippen molar-refractivity contribution < 1.29 is 14.7 Å². The fourth-order valence-electron chi connectivity index (χ4n) is 2.68. The molecule has 2 aliphatic rings. The summed E-state index contributed by atoms with van der Waals surface area (Å²) in [5, 5.41) is 12.0. The lowest BCUT2D eigenvalue weighted by atomic mass is 9.95. The molecule has 4 nitrogen and oxygen atoms in total. The highest BCUT2D eigenvalue weighted by atomic mass is 16.4. The van der Waals surface area contributed by atoms with E-state index in [0.717, 1.165) is 19.3 Å². The molecule has 0 bridgehead atoms. The van der Waals surface area contributed by atoms with Gasteiger partial charge in [-0.1, -0.05) is 26.2 Å². The third kappa shape index (κ3) is 2.45. The van der Waals surface area contributed by atoms with E-state index in [9.17, 15) is 9.59 Å². The Morgan fingerprint density at radius 2 is 1.82 bits per heavy atom. The second-order valence-electron chi connectivity index (χ2n) is 5.58. The molecule has 2 rings (SSSR count). The van der Waals surface area contributed by atoms with Crippen LogP contribution >= 0.6 is 0 Å². The molecule has 2 saturated carbocycles. The second-order valence-corrected chi connectivity index (χ2v) is 5.58. The van der Waals surface area contributed by atoms with Crippen molar-refractivity contribution >= 4 is 11.9 Å². The first kappa shape index (κ1) is 12.4. The summed E-state index contributed by atoms with van der Waals surface area (Å²) in [5.41, 5.74) is -1.09. The number of aliphatic carboxylic acids is 1. The first-order valence-electron chi connectivity index (χ1n) is 6.60. The van der Waals surface area contributed by atoms with Crippen LogP contribution in [0.5, 0.6) is 0 Å². The highest BCUT2D eigenvalue weighted by Gasteiger charge is 2.57. The molecule has 2 aliphatic carbocycles. The molecule has 0 aromatic heterocycles. The molecule has 1 amide bonds. The van der Waals surface area contributed by atoms with Crippen LogP contribution in [-0.2, 0) is 9.59 Å². The van der Waals surface area contributed by atoms with Gasteiger partial charge < -0.3 is 10.4 Å². The van der Waals surface area contributed by atoms with Crippen LogP contribution in [-0.4, -0.2) is 23.0 Å². The molecule has 2 unspecified atom stereocenters. The zero-order chi connectivity index (χ0) is 12.5. The first-order chi connectivity index (χ1) is 8.06. The minimum absolute atomic E-state index is 0.168. The maximum atomic E-state index is 12.0. The average molecular weight is 239 g/mol. The zero-order valence-corrected chi connectivity index (χ0v) is 10.4. The Morgan fingerprint density at radius 1 is 1.18 bits per heavy atom. The van der Waals surface area contributed by atoms with Gasteiger partial charge in [0.25, 0.3) is 0 Å². The third-order valence-corrected chi connectivity index (χ3v) is 4.27. The summed E-state index contributed by atoms with van der Waals surface area (Å²) in [5.74, 6) is -0.758. The molecule has 0 aliphatic heterocycles. The average Bonchev–Trinajstić information content (AvgIpc) is 3.06. The van der Waals surface area contributed by atoms with Crippen LogP contribution in [0.2, 0.25) is 0 Å². The molecule has 0 saturated heterocycles. The Morgan fingerprint density at radius 3 is 2.41 bits per heavy atom. The van der Waals surface area contributed by atoms with Gasteiger partial charge in [-0.05, 0) is 31.6 Å². The van der Waals surface area contributed by atoms with E-state index < -0.39 is 11.4 Å². The van der Waals surface area contributed by atoms with Crippen LogP contribution in [0.1, 0.15) is 51.9 Å². The van der Waals surface area contributed by atoms with Crippen molar-refractivity contribution in [3.05, 3.63) is 0 Å². The predicted molar refractivity (Wildman–Crippen MR) is 63.5 cm³/mol. The Labute approximate surface area is 102 Å². The minimum Gasteiger partial charge on any atom is -0.480 e. The van der Waals surface area contributed by atoms with Crippen molar-refractivity contribution in [2.24, 2.45) is 11.3 Å². The first-order valence-corrected chi connectivity index (χ1v) is 6.60. The van der Waals surface area contributed by atoms with Gasteiger partial charge in [-0.2, -0.15) is 0 Å². The maximum absolute atomic E-state index is 12.0. The zero-order valence-electron chi connectivity index (χ0n) is 10.4. The van der Waals surface area contributed by atoms with Gasteiger partial charge in [-0.3, -0.25) is 9.59 Å². The van der Waals surface area contributed by atoms with E-state index in [4.69, 9.17) is 5.11 Å². The topological polar surface area (TPSA) is 66.4 Å². The summed E-state index contributed by atoms with van der Waals surface area (Å²) >= 11 is 0. The number of amides is 1. The normalized spacial score (nSPS) is 31.4. The molecule has 2 atom stereocenters. The van der Waals surface area contributed by atoms with Crippen LogP contribution in [0.3, 0.4) is 0 Å². The van der Waals surface area contributed by atoms with E-state index in [1.165, 1.54) is 12.8 Å². The van der Waals surface area contributed by atoms with Crippen molar-refractivity contribution in [3.8, 4) is 0 Å². The lowest BCUT2D eigenvalue weighted by molar-refractivity contribution is -0.149. The number of hydrogen-bond acceptors (Lipinski definition) is 2. The maximum Gasteiger partial charge on any atom is 0.319 e. The van der Waals surface area contributed by atoms with Crippen molar-refractivity contribution in [1.29, 1.82) is 0 Å². The van der Waals surface area contributed by atoms with Gasteiger partial charge in [-0.15, -0.1) is 0 Å². The summed E-state index contributed by atoms with van der Waals surface area (Å²) in [4.78, 5) is 23.1. The van der Waals surface area contributed by atoms with Crippen molar-refractivity contribution in [3.63, 3.8) is 0 Å². The fraction of sp³-hybridized carbons (Fsp3) is 0.846. The fourth-order valence-corrected chi connectivity index (χ4v) is 2.68. The van der Waals surface area contributed by atoms with E-state index in [-0.39, 0.29) is 11.9 Å². The Balaban J connectivity index is 1.95. The molecular weight excluding hydrogens is 218 g/mol. The van der Waals surface area contributed by atoms with E-state index >= 15 is 0 Å². The lowest BCUT2D eigenvalue weighted by Crippen LogP contribution is -2.45. The highest BCUT2D eigenvalue weighted by molar-refractivity contribution is 6.04. The Kier molecular flexibility index (Phi) is 3.40. The number of nitrogens with one attached hydrogen (secondary N) is 1. The number of hydrogen-bond donors (Lipinski definition) is 2. The van der Waals surface area contributed by atoms with E-state index in [0.29, 0.717) is 18.8 Å².